The summed E-state index contributed by atoms with van der Waals surface area (Å²) in [6.45, 7) is 2.59. The van der Waals surface area contributed by atoms with Crippen molar-refractivity contribution >= 4 is 11.8 Å². The third-order valence-corrected chi connectivity index (χ3v) is 3.10. The third-order valence-electron chi connectivity index (χ3n) is 1.96. The van der Waals surface area contributed by atoms with E-state index >= 15 is 0 Å². The van der Waals surface area contributed by atoms with E-state index in [0.717, 1.165) is 5.56 Å². The molecule has 1 rings (SSSR count). The van der Waals surface area contributed by atoms with Gasteiger partial charge >= 0.3 is 0 Å². The predicted molar refractivity (Wildman–Crippen MR) is 61.6 cm³/mol. The summed E-state index contributed by atoms with van der Waals surface area (Å²) in [5.74, 6) is -0.215. The molecular weight excluding hydrogens is 213 g/mol. The van der Waals surface area contributed by atoms with Gasteiger partial charge in [-0.3, -0.25) is 0 Å². The first-order valence-corrected chi connectivity index (χ1v) is 5.76. The lowest BCUT2D eigenvalue weighted by Gasteiger charge is -2.09. The molecule has 4 heteroatoms. The van der Waals surface area contributed by atoms with Gasteiger partial charge in [0, 0.05) is 16.7 Å². The van der Waals surface area contributed by atoms with E-state index in [9.17, 15) is 4.39 Å². The van der Waals surface area contributed by atoms with Gasteiger partial charge in [-0.2, -0.15) is 0 Å². The minimum Gasteiger partial charge on any atom is -0.395 e. The molecule has 15 heavy (non-hydrogen) atoms. The zero-order chi connectivity index (χ0) is 11.3. The van der Waals surface area contributed by atoms with E-state index in [-0.39, 0.29) is 17.7 Å². The van der Waals surface area contributed by atoms with Crippen LogP contribution in [0.2, 0.25) is 0 Å². The van der Waals surface area contributed by atoms with Gasteiger partial charge < -0.3 is 10.4 Å². The molecule has 2 N–H and O–H groups in total. The van der Waals surface area contributed by atoms with Crippen LogP contribution in [-0.4, -0.2) is 24.0 Å². The highest BCUT2D eigenvalue weighted by atomic mass is 32.2. The van der Waals surface area contributed by atoms with Crippen LogP contribution < -0.4 is 5.32 Å². The fourth-order valence-electron chi connectivity index (χ4n) is 1.21. The maximum atomic E-state index is 13.5. The van der Waals surface area contributed by atoms with Crippen LogP contribution in [0.3, 0.4) is 0 Å². The van der Waals surface area contributed by atoms with Crippen LogP contribution in [-0.2, 0) is 6.54 Å². The van der Waals surface area contributed by atoms with Crippen LogP contribution in [0.4, 0.5) is 4.39 Å². The molecule has 0 saturated heterocycles. The molecule has 0 aromatic heterocycles. The smallest absolute Gasteiger partial charge is 0.137 e. The molecule has 1 unspecified atom stereocenters. The summed E-state index contributed by atoms with van der Waals surface area (Å²) in [5.41, 5.74) is 0.927. The maximum absolute atomic E-state index is 13.5. The molecule has 0 aliphatic rings. The zero-order valence-corrected chi connectivity index (χ0v) is 9.77. The van der Waals surface area contributed by atoms with Gasteiger partial charge in [0.2, 0.25) is 0 Å². The van der Waals surface area contributed by atoms with Crippen LogP contribution in [0, 0.1) is 5.82 Å². The number of hydrogen-bond donors (Lipinski definition) is 2. The van der Waals surface area contributed by atoms with Crippen LogP contribution in [0.25, 0.3) is 0 Å². The van der Waals surface area contributed by atoms with Gasteiger partial charge in [-0.05, 0) is 24.7 Å². The van der Waals surface area contributed by atoms with Gasteiger partial charge in [0.25, 0.3) is 0 Å². The second-order valence-corrected chi connectivity index (χ2v) is 4.89. The van der Waals surface area contributed by atoms with Gasteiger partial charge in [0.05, 0.1) is 6.61 Å². The van der Waals surface area contributed by atoms with E-state index in [1.807, 2.05) is 20.0 Å². The fraction of sp³-hybridized carbons (Fsp3) is 0.455. The highest BCUT2D eigenvalue weighted by molar-refractivity contribution is 8.00. The molecule has 0 amide bonds. The first-order chi connectivity index (χ1) is 7.17. The molecule has 0 spiro atoms. The van der Waals surface area contributed by atoms with Crippen molar-refractivity contribution in [3.8, 4) is 0 Å². The fourth-order valence-corrected chi connectivity index (χ4v) is 2.03. The zero-order valence-electron chi connectivity index (χ0n) is 8.96. The summed E-state index contributed by atoms with van der Waals surface area (Å²) in [6, 6.07) is 5.19. The Kier molecular flexibility index (Phi) is 5.08. The number of rotatable bonds is 5. The molecular formula is C11H16FNOS. The third kappa shape index (κ3) is 3.81. The summed E-state index contributed by atoms with van der Waals surface area (Å²) in [6.07, 6.45) is 0. The number of benzene rings is 1. The number of halogens is 1. The molecule has 0 bridgehead atoms. The minimum atomic E-state index is -0.215. The molecule has 1 atom stereocenters. The van der Waals surface area contributed by atoms with Crippen molar-refractivity contribution in [3.63, 3.8) is 0 Å². The van der Waals surface area contributed by atoms with Gasteiger partial charge in [-0.25, -0.2) is 4.39 Å². The molecule has 0 aliphatic carbocycles. The normalized spacial score (nSPS) is 12.8. The summed E-state index contributed by atoms with van der Waals surface area (Å²) < 4.78 is 13.5. The number of thioether (sulfide) groups is 1. The van der Waals surface area contributed by atoms with E-state index in [4.69, 9.17) is 5.11 Å². The average molecular weight is 229 g/mol. The molecule has 1 aromatic carbocycles. The predicted octanol–water partition coefficient (Wildman–Crippen LogP) is 2.02. The Labute approximate surface area is 93.9 Å². The second kappa shape index (κ2) is 6.10. The Hall–Kier alpha value is -0.580. The number of hydrogen-bond acceptors (Lipinski definition) is 3. The van der Waals surface area contributed by atoms with Crippen molar-refractivity contribution in [2.45, 2.75) is 23.6 Å². The lowest BCUT2D eigenvalue weighted by molar-refractivity contribution is 0.300. The summed E-state index contributed by atoms with van der Waals surface area (Å²) in [7, 11) is 1.83. The van der Waals surface area contributed by atoms with Crippen LogP contribution >= 0.6 is 11.8 Å². The van der Waals surface area contributed by atoms with Gasteiger partial charge in [0.15, 0.2) is 0 Å². The molecule has 0 radical (unpaired) electrons. The van der Waals surface area contributed by atoms with Crippen molar-refractivity contribution < 1.29 is 9.50 Å². The van der Waals surface area contributed by atoms with Crippen LogP contribution in [0.15, 0.2) is 23.1 Å². The highest BCUT2D eigenvalue weighted by Gasteiger charge is 2.08. The van der Waals surface area contributed by atoms with Crippen molar-refractivity contribution in [2.75, 3.05) is 13.7 Å². The van der Waals surface area contributed by atoms with Crippen LogP contribution in [0.5, 0.6) is 0 Å². The maximum Gasteiger partial charge on any atom is 0.137 e. The topological polar surface area (TPSA) is 32.3 Å². The van der Waals surface area contributed by atoms with Crippen molar-refractivity contribution in [3.05, 3.63) is 29.6 Å². The molecule has 0 fully saturated rings. The molecule has 0 saturated carbocycles. The minimum absolute atomic E-state index is 0.0228. The molecule has 1 aromatic rings. The lowest BCUT2D eigenvalue weighted by atomic mass is 10.2. The summed E-state index contributed by atoms with van der Waals surface area (Å²) in [5, 5.41) is 11.9. The number of aliphatic hydroxyl groups is 1. The Balaban J connectivity index is 2.74. The van der Waals surface area contributed by atoms with E-state index in [0.29, 0.717) is 11.4 Å². The van der Waals surface area contributed by atoms with Gasteiger partial charge in [0.1, 0.15) is 5.82 Å². The summed E-state index contributed by atoms with van der Waals surface area (Å²) >= 11 is 1.35. The molecule has 84 valence electrons. The van der Waals surface area contributed by atoms with Crippen molar-refractivity contribution in [1.82, 2.24) is 5.32 Å². The Morgan fingerprint density at radius 2 is 2.27 bits per heavy atom. The SMILES string of the molecule is CNCc1ccc(SC(C)CO)c(F)c1. The largest absolute Gasteiger partial charge is 0.395 e. The number of nitrogens with one attached hydrogen (secondary N) is 1. The lowest BCUT2D eigenvalue weighted by Crippen LogP contribution is -2.06. The van der Waals surface area contributed by atoms with E-state index in [2.05, 4.69) is 5.32 Å². The first-order valence-electron chi connectivity index (χ1n) is 4.88. The van der Waals surface area contributed by atoms with E-state index < -0.39 is 0 Å². The molecule has 0 aliphatic heterocycles. The molecule has 0 heterocycles. The Morgan fingerprint density at radius 3 is 2.80 bits per heavy atom. The molecule has 2 nitrogen and oxygen atoms in total. The van der Waals surface area contributed by atoms with Crippen molar-refractivity contribution in [1.29, 1.82) is 0 Å². The quantitative estimate of drug-likeness (QED) is 0.758. The standard InChI is InChI=1S/C11H16FNOS/c1-8(7-14)15-11-4-3-9(6-13-2)5-10(11)12/h3-5,8,13-14H,6-7H2,1-2H3. The van der Waals surface area contributed by atoms with Crippen molar-refractivity contribution in [2.24, 2.45) is 0 Å². The summed E-state index contributed by atoms with van der Waals surface area (Å²) in [4.78, 5) is 0.594. The average Bonchev–Trinajstić information content (AvgIpc) is 2.22. The van der Waals surface area contributed by atoms with Gasteiger partial charge in [-0.15, -0.1) is 11.8 Å². The Bertz CT molecular complexity index is 319. The first kappa shape index (κ1) is 12.5. The van der Waals surface area contributed by atoms with Gasteiger partial charge in [-0.1, -0.05) is 13.0 Å². The van der Waals surface area contributed by atoms with E-state index in [1.165, 1.54) is 17.8 Å². The number of aliphatic hydroxyl groups excluding tert-OH is 1. The van der Waals surface area contributed by atoms with E-state index in [1.54, 1.807) is 6.07 Å². The Morgan fingerprint density at radius 1 is 1.53 bits per heavy atom. The second-order valence-electron chi connectivity index (χ2n) is 3.41. The monoisotopic (exact) mass is 229 g/mol. The van der Waals surface area contributed by atoms with Crippen LogP contribution in [0.1, 0.15) is 12.5 Å². The highest BCUT2D eigenvalue weighted by Crippen LogP contribution is 2.26.